The summed E-state index contributed by atoms with van der Waals surface area (Å²) in [4.78, 5) is 35.9. The minimum atomic E-state index is -0.368. The SMILES string of the molecule is CCCCOC(=O)c1ccc(NC(=O)CSCC(=O)Nc2ccc(CC)cc2)cc1. The first-order chi connectivity index (χ1) is 14.5. The predicted octanol–water partition coefficient (Wildman–Crippen LogP) is 4.52. The summed E-state index contributed by atoms with van der Waals surface area (Å²) in [5, 5.41) is 5.57. The van der Waals surface area contributed by atoms with Gasteiger partial charge in [0.05, 0.1) is 23.7 Å². The van der Waals surface area contributed by atoms with Gasteiger partial charge in [-0.25, -0.2) is 4.79 Å². The number of carbonyl (C=O) groups excluding carboxylic acids is 3. The van der Waals surface area contributed by atoms with E-state index in [-0.39, 0.29) is 29.3 Å². The fraction of sp³-hybridized carbons (Fsp3) is 0.348. The molecule has 0 radical (unpaired) electrons. The molecule has 2 rings (SSSR count). The highest BCUT2D eigenvalue weighted by molar-refractivity contribution is 8.00. The molecular weight excluding hydrogens is 400 g/mol. The Balaban J connectivity index is 1.69. The van der Waals surface area contributed by atoms with Crippen LogP contribution in [0, 0.1) is 0 Å². The maximum absolute atomic E-state index is 12.1. The number of nitrogens with one attached hydrogen (secondary N) is 2. The fourth-order valence-electron chi connectivity index (χ4n) is 2.54. The van der Waals surface area contributed by atoms with Crippen LogP contribution < -0.4 is 10.6 Å². The minimum Gasteiger partial charge on any atom is -0.462 e. The number of unbranched alkanes of at least 4 members (excludes halogenated alkanes) is 1. The van der Waals surface area contributed by atoms with Crippen LogP contribution in [0.5, 0.6) is 0 Å². The molecule has 0 aliphatic carbocycles. The number of carbonyl (C=O) groups is 3. The number of ether oxygens (including phenoxy) is 1. The summed E-state index contributed by atoms with van der Waals surface area (Å²) in [5.74, 6) is -0.386. The van der Waals surface area contributed by atoms with Gasteiger partial charge >= 0.3 is 5.97 Å². The zero-order chi connectivity index (χ0) is 21.8. The molecule has 0 saturated heterocycles. The highest BCUT2D eigenvalue weighted by Crippen LogP contribution is 2.13. The second-order valence-electron chi connectivity index (χ2n) is 6.71. The minimum absolute atomic E-state index is 0.150. The van der Waals surface area contributed by atoms with Gasteiger partial charge in [0.25, 0.3) is 0 Å². The van der Waals surface area contributed by atoms with E-state index in [0.29, 0.717) is 17.9 Å². The van der Waals surface area contributed by atoms with E-state index in [1.165, 1.54) is 17.3 Å². The summed E-state index contributed by atoms with van der Waals surface area (Å²) in [7, 11) is 0. The summed E-state index contributed by atoms with van der Waals surface area (Å²) < 4.78 is 5.15. The van der Waals surface area contributed by atoms with Crippen LogP contribution in [-0.4, -0.2) is 35.9 Å². The molecular formula is C23H28N2O4S. The van der Waals surface area contributed by atoms with Crippen LogP contribution >= 0.6 is 11.8 Å². The van der Waals surface area contributed by atoms with E-state index >= 15 is 0 Å². The topological polar surface area (TPSA) is 84.5 Å². The Labute approximate surface area is 181 Å². The third kappa shape index (κ3) is 8.29. The molecule has 0 aliphatic rings. The van der Waals surface area contributed by atoms with E-state index in [4.69, 9.17) is 4.74 Å². The van der Waals surface area contributed by atoms with Crippen molar-refractivity contribution >= 4 is 40.9 Å². The van der Waals surface area contributed by atoms with Crippen molar-refractivity contribution in [3.63, 3.8) is 0 Å². The Hall–Kier alpha value is -2.80. The van der Waals surface area contributed by atoms with Gasteiger partial charge in [0, 0.05) is 11.4 Å². The first-order valence-electron chi connectivity index (χ1n) is 10.1. The molecule has 2 N–H and O–H groups in total. The van der Waals surface area contributed by atoms with E-state index in [1.54, 1.807) is 24.3 Å². The second kappa shape index (κ2) is 12.7. The lowest BCUT2D eigenvalue weighted by molar-refractivity contribution is -0.114. The van der Waals surface area contributed by atoms with Gasteiger partial charge in [-0.1, -0.05) is 32.4 Å². The standard InChI is InChI=1S/C23H28N2O4S/c1-3-5-14-29-23(28)18-8-12-20(13-9-18)25-22(27)16-30-15-21(26)24-19-10-6-17(4-2)7-11-19/h6-13H,3-5,14-16H2,1-2H3,(H,24,26)(H,25,27). The molecule has 0 bridgehead atoms. The Kier molecular flexibility index (Phi) is 9.94. The molecule has 0 fully saturated rings. The summed E-state index contributed by atoms with van der Waals surface area (Å²) in [6.07, 6.45) is 2.75. The van der Waals surface area contributed by atoms with Gasteiger partial charge in [-0.05, 0) is 54.8 Å². The summed E-state index contributed by atoms with van der Waals surface area (Å²) in [6, 6.07) is 14.3. The zero-order valence-corrected chi connectivity index (χ0v) is 18.2. The molecule has 6 nitrogen and oxygen atoms in total. The van der Waals surface area contributed by atoms with Crippen molar-refractivity contribution in [3.05, 3.63) is 59.7 Å². The molecule has 2 aromatic carbocycles. The average molecular weight is 429 g/mol. The van der Waals surface area contributed by atoms with Crippen LogP contribution in [0.1, 0.15) is 42.6 Å². The number of benzene rings is 2. The molecule has 30 heavy (non-hydrogen) atoms. The van der Waals surface area contributed by atoms with Crippen molar-refractivity contribution in [1.29, 1.82) is 0 Å². The van der Waals surface area contributed by atoms with Crippen molar-refractivity contribution < 1.29 is 19.1 Å². The molecule has 0 spiro atoms. The van der Waals surface area contributed by atoms with Gasteiger partial charge in [-0.15, -0.1) is 11.8 Å². The summed E-state index contributed by atoms with van der Waals surface area (Å²) in [5.41, 5.74) is 2.99. The first kappa shape index (κ1) is 23.5. The molecule has 7 heteroatoms. The number of thioether (sulfide) groups is 1. The number of hydrogen-bond donors (Lipinski definition) is 2. The molecule has 0 saturated carbocycles. The third-order valence-corrected chi connectivity index (χ3v) is 5.18. The number of aryl methyl sites for hydroxylation is 1. The number of esters is 1. The monoisotopic (exact) mass is 428 g/mol. The van der Waals surface area contributed by atoms with E-state index in [9.17, 15) is 14.4 Å². The lowest BCUT2D eigenvalue weighted by atomic mass is 10.1. The molecule has 0 aromatic heterocycles. The van der Waals surface area contributed by atoms with E-state index in [0.717, 1.165) is 24.9 Å². The average Bonchev–Trinajstić information content (AvgIpc) is 2.75. The molecule has 160 valence electrons. The lowest BCUT2D eigenvalue weighted by Crippen LogP contribution is -2.18. The van der Waals surface area contributed by atoms with Gasteiger partial charge < -0.3 is 15.4 Å². The molecule has 0 aliphatic heterocycles. The van der Waals surface area contributed by atoms with Crippen molar-refractivity contribution in [2.75, 3.05) is 28.7 Å². The Morgan fingerprint density at radius 2 is 1.37 bits per heavy atom. The fourth-order valence-corrected chi connectivity index (χ4v) is 3.15. The maximum Gasteiger partial charge on any atom is 0.338 e. The Bertz CT molecular complexity index is 835. The maximum atomic E-state index is 12.1. The largest absolute Gasteiger partial charge is 0.462 e. The van der Waals surface area contributed by atoms with Gasteiger partial charge in [0.1, 0.15) is 0 Å². The van der Waals surface area contributed by atoms with Crippen LogP contribution in [0.3, 0.4) is 0 Å². The number of hydrogen-bond acceptors (Lipinski definition) is 5. The van der Waals surface area contributed by atoms with Gasteiger partial charge in [-0.3, -0.25) is 9.59 Å². The molecule has 2 amide bonds. The highest BCUT2D eigenvalue weighted by Gasteiger charge is 2.09. The number of anilines is 2. The molecule has 0 unspecified atom stereocenters. The van der Waals surface area contributed by atoms with Crippen LogP contribution in [0.2, 0.25) is 0 Å². The van der Waals surface area contributed by atoms with Crippen LogP contribution in [0.4, 0.5) is 11.4 Å². The van der Waals surface area contributed by atoms with E-state index < -0.39 is 0 Å². The highest BCUT2D eigenvalue weighted by atomic mass is 32.2. The zero-order valence-electron chi connectivity index (χ0n) is 17.4. The Morgan fingerprint density at radius 1 is 0.833 bits per heavy atom. The smallest absolute Gasteiger partial charge is 0.338 e. The Morgan fingerprint density at radius 3 is 1.87 bits per heavy atom. The van der Waals surface area contributed by atoms with Crippen molar-refractivity contribution in [3.8, 4) is 0 Å². The molecule has 0 heterocycles. The number of rotatable bonds is 11. The van der Waals surface area contributed by atoms with E-state index in [1.807, 2.05) is 31.2 Å². The van der Waals surface area contributed by atoms with E-state index in [2.05, 4.69) is 17.6 Å². The van der Waals surface area contributed by atoms with Crippen LogP contribution in [-0.2, 0) is 20.7 Å². The van der Waals surface area contributed by atoms with Crippen LogP contribution in [0.25, 0.3) is 0 Å². The summed E-state index contributed by atoms with van der Waals surface area (Å²) >= 11 is 1.24. The quantitative estimate of drug-likeness (QED) is 0.406. The predicted molar refractivity (Wildman–Crippen MR) is 122 cm³/mol. The van der Waals surface area contributed by atoms with Crippen molar-refractivity contribution in [1.82, 2.24) is 0 Å². The second-order valence-corrected chi connectivity index (χ2v) is 7.69. The number of amides is 2. The summed E-state index contributed by atoms with van der Waals surface area (Å²) in [6.45, 7) is 4.51. The van der Waals surface area contributed by atoms with Crippen molar-refractivity contribution in [2.24, 2.45) is 0 Å². The molecule has 2 aromatic rings. The first-order valence-corrected chi connectivity index (χ1v) is 11.2. The third-order valence-electron chi connectivity index (χ3n) is 4.25. The lowest BCUT2D eigenvalue weighted by Gasteiger charge is -2.08. The van der Waals surface area contributed by atoms with Gasteiger partial charge in [0.15, 0.2) is 0 Å². The van der Waals surface area contributed by atoms with Crippen molar-refractivity contribution in [2.45, 2.75) is 33.1 Å². The van der Waals surface area contributed by atoms with Crippen LogP contribution in [0.15, 0.2) is 48.5 Å². The van der Waals surface area contributed by atoms with Gasteiger partial charge in [0.2, 0.25) is 11.8 Å². The molecule has 0 atom stereocenters. The van der Waals surface area contributed by atoms with Gasteiger partial charge in [-0.2, -0.15) is 0 Å². The normalized spacial score (nSPS) is 10.3.